The van der Waals surface area contributed by atoms with Gasteiger partial charge in [0.15, 0.2) is 9.84 Å². The molecule has 2 N–H and O–H groups in total. The fourth-order valence-corrected chi connectivity index (χ4v) is 3.41. The van der Waals surface area contributed by atoms with E-state index in [1.807, 2.05) is 13.8 Å². The summed E-state index contributed by atoms with van der Waals surface area (Å²) in [4.78, 5) is 0.00662. The molecule has 1 atom stereocenters. The maximum absolute atomic E-state index is 13.2. The van der Waals surface area contributed by atoms with Crippen LogP contribution in [0.5, 0.6) is 0 Å². The molecule has 0 fully saturated rings. The molecule has 0 aliphatic heterocycles. The molecule has 96 valence electrons. The molecule has 0 aliphatic rings. The van der Waals surface area contributed by atoms with Gasteiger partial charge in [-0.15, -0.1) is 0 Å². The molecule has 1 rings (SSSR count). The minimum absolute atomic E-state index is 0.00662. The Morgan fingerprint density at radius 1 is 1.41 bits per heavy atom. The van der Waals surface area contributed by atoms with E-state index in [-0.39, 0.29) is 22.3 Å². The number of nitrogens with two attached hydrogens (primary N) is 1. The second-order valence-electron chi connectivity index (χ2n) is 4.36. The molecule has 0 heterocycles. The fourth-order valence-electron chi connectivity index (χ4n) is 1.75. The van der Waals surface area contributed by atoms with Crippen molar-refractivity contribution in [3.63, 3.8) is 0 Å². The van der Waals surface area contributed by atoms with Crippen LogP contribution in [0.15, 0.2) is 23.1 Å². The van der Waals surface area contributed by atoms with Crippen molar-refractivity contribution in [2.45, 2.75) is 31.6 Å². The Morgan fingerprint density at radius 2 is 2.06 bits per heavy atom. The van der Waals surface area contributed by atoms with E-state index in [0.29, 0.717) is 0 Å². The molecule has 0 spiro atoms. The predicted octanol–water partition coefficient (Wildman–Crippen LogP) is 2.62. The van der Waals surface area contributed by atoms with E-state index in [4.69, 9.17) is 5.73 Å². The second-order valence-corrected chi connectivity index (χ2v) is 6.39. The normalized spacial score (nSPS) is 13.6. The molecule has 1 unspecified atom stereocenters. The first-order valence-corrected chi connectivity index (χ1v) is 7.30. The third-order valence-electron chi connectivity index (χ3n) is 2.62. The topological polar surface area (TPSA) is 60.2 Å². The minimum atomic E-state index is -3.42. The summed E-state index contributed by atoms with van der Waals surface area (Å²) in [7, 11) is -3.42. The van der Waals surface area contributed by atoms with Crippen molar-refractivity contribution in [2.75, 3.05) is 11.5 Å². The van der Waals surface area contributed by atoms with Crippen molar-refractivity contribution < 1.29 is 12.8 Å². The Hall–Kier alpha value is -1.10. The number of benzene rings is 1. The van der Waals surface area contributed by atoms with Crippen LogP contribution in [-0.2, 0) is 9.84 Å². The molecule has 0 radical (unpaired) electrons. The van der Waals surface area contributed by atoms with Crippen LogP contribution in [0.2, 0.25) is 0 Å². The Morgan fingerprint density at radius 3 is 2.59 bits per heavy atom. The number of halogens is 1. The molecule has 0 amide bonds. The Labute approximate surface area is 102 Å². The van der Waals surface area contributed by atoms with Crippen molar-refractivity contribution in [1.29, 1.82) is 0 Å². The van der Waals surface area contributed by atoms with Gasteiger partial charge in [-0.05, 0) is 30.5 Å². The highest BCUT2D eigenvalue weighted by Gasteiger charge is 2.19. The zero-order valence-electron chi connectivity index (χ0n) is 10.1. The first-order chi connectivity index (χ1) is 7.86. The molecule has 0 bridgehead atoms. The highest BCUT2D eigenvalue weighted by atomic mass is 32.2. The minimum Gasteiger partial charge on any atom is -0.396 e. The van der Waals surface area contributed by atoms with Gasteiger partial charge in [0.05, 0.1) is 16.3 Å². The van der Waals surface area contributed by atoms with E-state index in [1.54, 1.807) is 0 Å². The standard InChI is InChI=1S/C12H18FNO2S/c1-3-4-9(2)8-17(15,16)10-5-6-12(14)11(13)7-10/h5-7,9H,3-4,8,14H2,1-2H3. The van der Waals surface area contributed by atoms with Crippen LogP contribution in [0, 0.1) is 11.7 Å². The second kappa shape index (κ2) is 5.49. The van der Waals surface area contributed by atoms with Crippen molar-refractivity contribution in [3.05, 3.63) is 24.0 Å². The maximum atomic E-state index is 13.2. The first kappa shape index (κ1) is 14.0. The summed E-state index contributed by atoms with van der Waals surface area (Å²) in [6, 6.07) is 3.63. The molecule has 0 saturated carbocycles. The monoisotopic (exact) mass is 259 g/mol. The number of hydrogen-bond donors (Lipinski definition) is 1. The van der Waals surface area contributed by atoms with Gasteiger partial charge < -0.3 is 5.73 Å². The highest BCUT2D eigenvalue weighted by molar-refractivity contribution is 7.91. The van der Waals surface area contributed by atoms with Gasteiger partial charge in [0.25, 0.3) is 0 Å². The van der Waals surface area contributed by atoms with Crippen LogP contribution in [-0.4, -0.2) is 14.2 Å². The summed E-state index contributed by atoms with van der Waals surface area (Å²) in [5.74, 6) is -0.565. The molecule has 5 heteroatoms. The van der Waals surface area contributed by atoms with Gasteiger partial charge in [-0.1, -0.05) is 20.3 Å². The first-order valence-electron chi connectivity index (χ1n) is 5.64. The third-order valence-corrected chi connectivity index (χ3v) is 4.60. The van der Waals surface area contributed by atoms with E-state index in [1.165, 1.54) is 12.1 Å². The lowest BCUT2D eigenvalue weighted by Crippen LogP contribution is -2.14. The van der Waals surface area contributed by atoms with Crippen molar-refractivity contribution in [3.8, 4) is 0 Å². The summed E-state index contributed by atoms with van der Waals surface area (Å²) in [6.45, 7) is 3.89. The van der Waals surface area contributed by atoms with Gasteiger partial charge in [-0.3, -0.25) is 0 Å². The molecule has 1 aromatic rings. The fraction of sp³-hybridized carbons (Fsp3) is 0.500. The molecular formula is C12H18FNO2S. The Bertz CT molecular complexity index is 485. The van der Waals surface area contributed by atoms with Crippen molar-refractivity contribution in [1.82, 2.24) is 0 Å². The quantitative estimate of drug-likeness (QED) is 0.827. The molecule has 0 saturated heterocycles. The zero-order chi connectivity index (χ0) is 13.1. The van der Waals surface area contributed by atoms with Gasteiger partial charge in [0, 0.05) is 0 Å². The Kier molecular flexibility index (Phi) is 4.51. The summed E-state index contributed by atoms with van der Waals surface area (Å²) in [6.07, 6.45) is 1.78. The summed E-state index contributed by atoms with van der Waals surface area (Å²) < 4.78 is 37.2. The van der Waals surface area contributed by atoms with Crippen LogP contribution in [0.3, 0.4) is 0 Å². The average Bonchev–Trinajstić information content (AvgIpc) is 2.21. The number of rotatable bonds is 5. The van der Waals surface area contributed by atoms with Gasteiger partial charge >= 0.3 is 0 Å². The van der Waals surface area contributed by atoms with Crippen LogP contribution >= 0.6 is 0 Å². The lowest BCUT2D eigenvalue weighted by atomic mass is 10.1. The van der Waals surface area contributed by atoms with Crippen molar-refractivity contribution >= 4 is 15.5 Å². The van der Waals surface area contributed by atoms with Crippen LogP contribution in [0.25, 0.3) is 0 Å². The smallest absolute Gasteiger partial charge is 0.178 e. The summed E-state index contributed by atoms with van der Waals surface area (Å²) >= 11 is 0. The van der Waals surface area contributed by atoms with Gasteiger partial charge in [-0.2, -0.15) is 0 Å². The molecular weight excluding hydrogens is 241 g/mol. The number of nitrogen functional groups attached to an aromatic ring is 1. The molecule has 3 nitrogen and oxygen atoms in total. The number of sulfone groups is 1. The predicted molar refractivity (Wildman–Crippen MR) is 66.9 cm³/mol. The lowest BCUT2D eigenvalue weighted by Gasteiger charge is -2.11. The van der Waals surface area contributed by atoms with E-state index >= 15 is 0 Å². The van der Waals surface area contributed by atoms with E-state index in [9.17, 15) is 12.8 Å². The average molecular weight is 259 g/mol. The van der Waals surface area contributed by atoms with E-state index in [0.717, 1.165) is 18.9 Å². The molecule has 1 aromatic carbocycles. The Balaban J connectivity index is 2.93. The summed E-state index contributed by atoms with van der Waals surface area (Å²) in [5.41, 5.74) is 5.27. The maximum Gasteiger partial charge on any atom is 0.178 e. The number of hydrogen-bond acceptors (Lipinski definition) is 3. The lowest BCUT2D eigenvalue weighted by molar-refractivity contribution is 0.544. The zero-order valence-corrected chi connectivity index (χ0v) is 10.9. The van der Waals surface area contributed by atoms with Crippen LogP contribution in [0.1, 0.15) is 26.7 Å². The molecule has 17 heavy (non-hydrogen) atoms. The van der Waals surface area contributed by atoms with Gasteiger partial charge in [-0.25, -0.2) is 12.8 Å². The van der Waals surface area contributed by atoms with Crippen LogP contribution in [0.4, 0.5) is 10.1 Å². The number of anilines is 1. The SMILES string of the molecule is CCCC(C)CS(=O)(=O)c1ccc(N)c(F)c1. The highest BCUT2D eigenvalue weighted by Crippen LogP contribution is 2.20. The van der Waals surface area contributed by atoms with Gasteiger partial charge in [0.1, 0.15) is 5.82 Å². The van der Waals surface area contributed by atoms with Crippen molar-refractivity contribution in [2.24, 2.45) is 5.92 Å². The molecule has 0 aliphatic carbocycles. The van der Waals surface area contributed by atoms with Gasteiger partial charge in [0.2, 0.25) is 0 Å². The van der Waals surface area contributed by atoms with E-state index < -0.39 is 15.7 Å². The summed E-state index contributed by atoms with van der Waals surface area (Å²) in [5, 5.41) is 0. The third kappa shape index (κ3) is 3.70. The molecule has 0 aromatic heterocycles. The van der Waals surface area contributed by atoms with Crippen LogP contribution < -0.4 is 5.73 Å². The largest absolute Gasteiger partial charge is 0.396 e. The van der Waals surface area contributed by atoms with E-state index in [2.05, 4.69) is 0 Å².